The van der Waals surface area contributed by atoms with Crippen LogP contribution >= 0.6 is 15.9 Å². The first kappa shape index (κ1) is 16.8. The van der Waals surface area contributed by atoms with Crippen LogP contribution in [0.1, 0.15) is 49.3 Å². The number of hydrogen-bond donors (Lipinski definition) is 2. The fraction of sp³-hybridized carbons (Fsp3) is 0.600. The van der Waals surface area contributed by atoms with E-state index in [0.717, 1.165) is 44.2 Å². The van der Waals surface area contributed by atoms with Gasteiger partial charge in [-0.1, -0.05) is 35.2 Å². The van der Waals surface area contributed by atoms with Gasteiger partial charge in [0.25, 0.3) is 0 Å². The number of halogens is 4. The summed E-state index contributed by atoms with van der Waals surface area (Å²) in [6.07, 6.45) is -0.241. The van der Waals surface area contributed by atoms with Crippen molar-refractivity contribution in [3.05, 3.63) is 33.8 Å². The molecule has 3 N–H and O–H groups in total. The molecule has 1 aromatic rings. The van der Waals surface area contributed by atoms with Crippen LogP contribution in [0.25, 0.3) is 0 Å². The molecule has 1 aliphatic carbocycles. The second kappa shape index (κ2) is 6.67. The highest BCUT2D eigenvalue weighted by Gasteiger charge is 2.33. The number of alkyl halides is 3. The largest absolute Gasteiger partial charge is 0.416 e. The molecule has 0 aliphatic heterocycles. The van der Waals surface area contributed by atoms with Crippen LogP contribution in [0.2, 0.25) is 0 Å². The minimum atomic E-state index is -4.41. The Morgan fingerprint density at radius 2 is 1.81 bits per heavy atom. The smallest absolute Gasteiger partial charge is 0.391 e. The molecule has 6 heteroatoms. The molecule has 2 rings (SSSR count). The van der Waals surface area contributed by atoms with Gasteiger partial charge in [0.05, 0.1) is 17.7 Å². The molecule has 0 aromatic heterocycles. The minimum Gasteiger partial charge on any atom is -0.391 e. The van der Waals surface area contributed by atoms with Gasteiger partial charge in [0.2, 0.25) is 0 Å². The fourth-order valence-electron chi connectivity index (χ4n) is 2.93. The van der Waals surface area contributed by atoms with E-state index in [4.69, 9.17) is 5.73 Å². The molecule has 0 radical (unpaired) electrons. The summed E-state index contributed by atoms with van der Waals surface area (Å²) in [6, 6.07) is 2.56. The number of nitrogens with two attached hydrogens (primary N) is 1. The van der Waals surface area contributed by atoms with Crippen molar-refractivity contribution < 1.29 is 18.3 Å². The van der Waals surface area contributed by atoms with Gasteiger partial charge in [-0.15, -0.1) is 0 Å². The van der Waals surface area contributed by atoms with Gasteiger partial charge in [0, 0.05) is 4.47 Å². The zero-order valence-corrected chi connectivity index (χ0v) is 13.1. The summed E-state index contributed by atoms with van der Waals surface area (Å²) in [5.41, 5.74) is 5.60. The van der Waals surface area contributed by atoms with Crippen molar-refractivity contribution in [2.75, 3.05) is 0 Å². The molecular formula is C15H19BrF3NO. The number of rotatable bonds is 3. The molecule has 2 nitrogen and oxygen atoms in total. The van der Waals surface area contributed by atoms with Crippen LogP contribution in [-0.2, 0) is 6.18 Å². The Hall–Kier alpha value is -0.590. The molecule has 0 saturated heterocycles. The molecule has 2 atom stereocenters. The Bertz CT molecular complexity index is 486. The van der Waals surface area contributed by atoms with E-state index >= 15 is 0 Å². The lowest BCUT2D eigenvalue weighted by molar-refractivity contribution is -0.137. The predicted molar refractivity (Wildman–Crippen MR) is 78.7 cm³/mol. The monoisotopic (exact) mass is 365 g/mol. The van der Waals surface area contributed by atoms with Crippen molar-refractivity contribution in [2.45, 2.75) is 50.4 Å². The van der Waals surface area contributed by atoms with E-state index in [9.17, 15) is 18.3 Å². The minimum absolute atomic E-state index is 0.0650. The van der Waals surface area contributed by atoms with E-state index in [0.29, 0.717) is 10.0 Å². The van der Waals surface area contributed by atoms with Crippen molar-refractivity contribution in [1.29, 1.82) is 0 Å². The quantitative estimate of drug-likeness (QED) is 0.833. The second-order valence-corrected chi connectivity index (χ2v) is 6.50. The summed E-state index contributed by atoms with van der Waals surface area (Å²) >= 11 is 3.23. The second-order valence-electron chi connectivity index (χ2n) is 5.65. The van der Waals surface area contributed by atoms with Crippen molar-refractivity contribution in [3.8, 4) is 0 Å². The summed E-state index contributed by atoms with van der Waals surface area (Å²) in [5, 5.41) is 10.4. The zero-order valence-electron chi connectivity index (χ0n) is 11.5. The van der Waals surface area contributed by atoms with Crippen LogP contribution < -0.4 is 5.73 Å². The molecule has 0 heterocycles. The molecule has 1 saturated carbocycles. The summed E-state index contributed by atoms with van der Waals surface area (Å²) in [4.78, 5) is 0. The van der Waals surface area contributed by atoms with Gasteiger partial charge in [-0.3, -0.25) is 0 Å². The third kappa shape index (κ3) is 3.99. The van der Waals surface area contributed by atoms with Crippen molar-refractivity contribution >= 4 is 15.9 Å². The van der Waals surface area contributed by atoms with E-state index in [1.165, 1.54) is 6.07 Å². The fourth-order valence-corrected chi connectivity index (χ4v) is 3.44. The van der Waals surface area contributed by atoms with E-state index < -0.39 is 23.9 Å². The molecule has 0 amide bonds. The maximum absolute atomic E-state index is 12.8. The molecular weight excluding hydrogens is 347 g/mol. The average Bonchev–Trinajstić information content (AvgIpc) is 2.46. The summed E-state index contributed by atoms with van der Waals surface area (Å²) in [6.45, 7) is 0. The first-order chi connectivity index (χ1) is 9.80. The summed E-state index contributed by atoms with van der Waals surface area (Å²) < 4.78 is 38.9. The first-order valence-electron chi connectivity index (χ1n) is 7.11. The molecule has 1 aromatic carbocycles. The lowest BCUT2D eigenvalue weighted by atomic mass is 9.81. The van der Waals surface area contributed by atoms with Crippen LogP contribution in [0, 0.1) is 5.92 Å². The van der Waals surface area contributed by atoms with Gasteiger partial charge in [-0.05, 0) is 42.5 Å². The molecule has 0 unspecified atom stereocenters. The van der Waals surface area contributed by atoms with Crippen LogP contribution in [-0.4, -0.2) is 11.2 Å². The highest BCUT2D eigenvalue weighted by atomic mass is 79.9. The van der Waals surface area contributed by atoms with Crippen molar-refractivity contribution in [3.63, 3.8) is 0 Å². The van der Waals surface area contributed by atoms with Crippen LogP contribution in [0.4, 0.5) is 13.2 Å². The number of benzene rings is 1. The Morgan fingerprint density at radius 1 is 1.19 bits per heavy atom. The maximum Gasteiger partial charge on any atom is 0.416 e. The van der Waals surface area contributed by atoms with E-state index in [1.807, 2.05) is 0 Å². The molecule has 1 fully saturated rings. The highest BCUT2D eigenvalue weighted by Crippen LogP contribution is 2.37. The number of hydrogen-bond acceptors (Lipinski definition) is 2. The van der Waals surface area contributed by atoms with E-state index in [-0.39, 0.29) is 5.92 Å². The SMILES string of the molecule is N[C@H](c1cc(C(F)(F)F)ccc1Br)[C@@H](O)C1CCCCC1. The maximum atomic E-state index is 12.8. The van der Waals surface area contributed by atoms with Crippen molar-refractivity contribution in [1.82, 2.24) is 0 Å². The first-order valence-corrected chi connectivity index (χ1v) is 7.90. The van der Waals surface area contributed by atoms with Crippen molar-refractivity contribution in [2.24, 2.45) is 11.7 Å². The third-order valence-corrected chi connectivity index (χ3v) is 4.91. The predicted octanol–water partition coefficient (Wildman–Crippen LogP) is 4.41. The lowest BCUT2D eigenvalue weighted by Gasteiger charge is -2.31. The topological polar surface area (TPSA) is 46.2 Å². The standard InChI is InChI=1S/C15H19BrF3NO/c16-12-7-6-10(15(17,18)19)8-11(12)13(20)14(21)9-4-2-1-3-5-9/h6-9,13-14,21H,1-5,20H2/t13-,14+/m1/s1. The highest BCUT2D eigenvalue weighted by molar-refractivity contribution is 9.10. The van der Waals surface area contributed by atoms with Crippen LogP contribution in [0.3, 0.4) is 0 Å². The third-order valence-electron chi connectivity index (χ3n) is 4.18. The van der Waals surface area contributed by atoms with Gasteiger partial charge in [-0.25, -0.2) is 0 Å². The van der Waals surface area contributed by atoms with Gasteiger partial charge in [0.15, 0.2) is 0 Å². The molecule has 21 heavy (non-hydrogen) atoms. The van der Waals surface area contributed by atoms with Crippen LogP contribution in [0.5, 0.6) is 0 Å². The zero-order chi connectivity index (χ0) is 15.6. The Labute approximate surface area is 130 Å². The Morgan fingerprint density at radius 3 is 2.38 bits per heavy atom. The van der Waals surface area contributed by atoms with Gasteiger partial charge < -0.3 is 10.8 Å². The number of aliphatic hydroxyl groups is 1. The Kier molecular flexibility index (Phi) is 5.33. The molecule has 0 spiro atoms. The summed E-state index contributed by atoms with van der Waals surface area (Å²) in [7, 11) is 0. The number of aliphatic hydroxyl groups excluding tert-OH is 1. The average molecular weight is 366 g/mol. The summed E-state index contributed by atoms with van der Waals surface area (Å²) in [5.74, 6) is 0.0650. The Balaban J connectivity index is 2.23. The van der Waals surface area contributed by atoms with Gasteiger partial charge in [-0.2, -0.15) is 13.2 Å². The molecule has 1 aliphatic rings. The van der Waals surface area contributed by atoms with E-state index in [2.05, 4.69) is 15.9 Å². The lowest BCUT2D eigenvalue weighted by Crippen LogP contribution is -2.34. The van der Waals surface area contributed by atoms with Gasteiger partial charge in [0.1, 0.15) is 0 Å². The normalized spacial score (nSPS) is 20.3. The van der Waals surface area contributed by atoms with E-state index in [1.54, 1.807) is 0 Å². The van der Waals surface area contributed by atoms with Crippen LogP contribution in [0.15, 0.2) is 22.7 Å². The molecule has 118 valence electrons. The van der Waals surface area contributed by atoms with Gasteiger partial charge >= 0.3 is 6.18 Å². The molecule has 0 bridgehead atoms.